The van der Waals surface area contributed by atoms with Crippen LogP contribution in [-0.2, 0) is 11.3 Å². The van der Waals surface area contributed by atoms with E-state index in [2.05, 4.69) is 10.3 Å². The second-order valence-corrected chi connectivity index (χ2v) is 7.58. The summed E-state index contributed by atoms with van der Waals surface area (Å²) in [4.78, 5) is 16.7. The fourth-order valence-electron chi connectivity index (χ4n) is 4.97. The first kappa shape index (κ1) is 11.9. The summed E-state index contributed by atoms with van der Waals surface area (Å²) >= 11 is 1.61. The van der Waals surface area contributed by atoms with Crippen molar-refractivity contribution in [3.8, 4) is 0 Å². The van der Waals surface area contributed by atoms with E-state index in [9.17, 15) is 4.79 Å². The Bertz CT molecular complexity index is 442. The molecule has 0 unspecified atom stereocenters. The van der Waals surface area contributed by atoms with E-state index in [-0.39, 0.29) is 0 Å². The predicted molar refractivity (Wildman–Crippen MR) is 74.5 cm³/mol. The lowest BCUT2D eigenvalue weighted by atomic mass is 9.51. The molecule has 19 heavy (non-hydrogen) atoms. The Labute approximate surface area is 117 Å². The van der Waals surface area contributed by atoms with E-state index in [0.29, 0.717) is 30.2 Å². The summed E-state index contributed by atoms with van der Waals surface area (Å²) in [6.07, 6.45) is 8.48. The second-order valence-electron chi connectivity index (χ2n) is 6.60. The van der Waals surface area contributed by atoms with Crippen LogP contribution in [-0.4, -0.2) is 10.9 Å². The van der Waals surface area contributed by atoms with E-state index in [0.717, 1.165) is 16.8 Å². The van der Waals surface area contributed by atoms with Crippen LogP contribution in [0.25, 0.3) is 0 Å². The van der Waals surface area contributed by atoms with Gasteiger partial charge in [-0.1, -0.05) is 0 Å². The van der Waals surface area contributed by atoms with E-state index in [4.69, 9.17) is 0 Å². The first-order valence-corrected chi connectivity index (χ1v) is 8.33. The number of amides is 1. The smallest absolute Gasteiger partial charge is 0.224 e. The quantitative estimate of drug-likeness (QED) is 0.922. The molecule has 4 heteroatoms. The number of nitrogens with one attached hydrogen (secondary N) is 1. The van der Waals surface area contributed by atoms with Gasteiger partial charge in [0.15, 0.2) is 0 Å². The van der Waals surface area contributed by atoms with E-state index in [1.165, 1.54) is 32.1 Å². The summed E-state index contributed by atoms with van der Waals surface area (Å²) in [5.74, 6) is 3.81. The summed E-state index contributed by atoms with van der Waals surface area (Å²) in [5.41, 5.74) is 0. The van der Waals surface area contributed by atoms with Gasteiger partial charge in [-0.25, -0.2) is 4.98 Å². The van der Waals surface area contributed by atoms with Crippen molar-refractivity contribution in [2.75, 3.05) is 0 Å². The first-order chi connectivity index (χ1) is 9.29. The first-order valence-electron chi connectivity index (χ1n) is 7.45. The zero-order valence-electron chi connectivity index (χ0n) is 11.0. The Morgan fingerprint density at radius 2 is 1.89 bits per heavy atom. The molecule has 0 saturated heterocycles. The molecule has 1 aromatic rings. The minimum atomic E-state index is 0.295. The van der Waals surface area contributed by atoms with Crippen LogP contribution >= 0.6 is 11.3 Å². The molecule has 4 saturated carbocycles. The molecule has 4 aliphatic carbocycles. The van der Waals surface area contributed by atoms with Crippen LogP contribution in [0.3, 0.4) is 0 Å². The topological polar surface area (TPSA) is 42.0 Å². The molecule has 1 aromatic heterocycles. The van der Waals surface area contributed by atoms with Crippen molar-refractivity contribution in [3.63, 3.8) is 0 Å². The zero-order chi connectivity index (χ0) is 12.8. The van der Waals surface area contributed by atoms with Crippen molar-refractivity contribution in [2.45, 2.75) is 38.6 Å². The third-order valence-corrected chi connectivity index (χ3v) is 6.21. The number of rotatable bonds is 3. The molecule has 3 nitrogen and oxygen atoms in total. The average Bonchev–Trinajstić information content (AvgIpc) is 2.88. The Morgan fingerprint density at radius 3 is 2.47 bits per heavy atom. The molecule has 4 aliphatic rings. The van der Waals surface area contributed by atoms with E-state index in [1.54, 1.807) is 17.5 Å². The van der Waals surface area contributed by atoms with Crippen LogP contribution < -0.4 is 5.32 Å². The fraction of sp³-hybridized carbons (Fsp3) is 0.733. The molecule has 102 valence electrons. The Balaban J connectivity index is 1.43. The summed E-state index contributed by atoms with van der Waals surface area (Å²) < 4.78 is 0. The van der Waals surface area contributed by atoms with Crippen molar-refractivity contribution in [3.05, 3.63) is 16.6 Å². The van der Waals surface area contributed by atoms with Crippen LogP contribution in [0, 0.1) is 29.6 Å². The van der Waals surface area contributed by atoms with Gasteiger partial charge in [0, 0.05) is 17.5 Å². The summed E-state index contributed by atoms with van der Waals surface area (Å²) in [7, 11) is 0. The lowest BCUT2D eigenvalue weighted by Gasteiger charge is -2.53. The molecule has 0 atom stereocenters. The number of aromatic nitrogens is 1. The summed E-state index contributed by atoms with van der Waals surface area (Å²) in [6, 6.07) is 0. The second kappa shape index (κ2) is 4.58. The highest BCUT2D eigenvalue weighted by atomic mass is 32.1. The maximum atomic E-state index is 12.5. The van der Waals surface area contributed by atoms with Crippen LogP contribution in [0.1, 0.15) is 37.1 Å². The third kappa shape index (κ3) is 2.10. The molecule has 4 bridgehead atoms. The third-order valence-electron chi connectivity index (χ3n) is 5.43. The van der Waals surface area contributed by atoms with Gasteiger partial charge in [0.2, 0.25) is 5.91 Å². The van der Waals surface area contributed by atoms with Gasteiger partial charge in [-0.2, -0.15) is 0 Å². The van der Waals surface area contributed by atoms with Gasteiger partial charge in [-0.15, -0.1) is 11.3 Å². The van der Waals surface area contributed by atoms with E-state index >= 15 is 0 Å². The van der Waals surface area contributed by atoms with Gasteiger partial charge in [0.25, 0.3) is 0 Å². The van der Waals surface area contributed by atoms with Gasteiger partial charge in [0.1, 0.15) is 5.01 Å². The number of carbonyl (C=O) groups excluding carboxylic acids is 1. The van der Waals surface area contributed by atoms with Crippen LogP contribution in [0.4, 0.5) is 0 Å². The maximum Gasteiger partial charge on any atom is 0.224 e. The fourth-order valence-corrected chi connectivity index (χ4v) is 5.53. The summed E-state index contributed by atoms with van der Waals surface area (Å²) in [5, 5.41) is 6.10. The largest absolute Gasteiger partial charge is 0.349 e. The van der Waals surface area contributed by atoms with Gasteiger partial charge in [-0.3, -0.25) is 4.79 Å². The Hall–Kier alpha value is -0.900. The molecule has 1 heterocycles. The Kier molecular flexibility index (Phi) is 2.87. The van der Waals surface area contributed by atoms with E-state index in [1.807, 2.05) is 5.38 Å². The predicted octanol–water partition coefficient (Wildman–Crippen LogP) is 2.83. The lowest BCUT2D eigenvalue weighted by Crippen LogP contribution is -2.50. The zero-order valence-corrected chi connectivity index (χ0v) is 11.9. The standard InChI is InChI=1S/C15H20N2OS/c18-15(17-8-13-16-1-2-19-13)14-11-4-9-3-10(6-11)7-12(14)5-9/h1-2,9-12,14H,3-8H2,(H,17,18). The molecule has 5 rings (SSSR count). The summed E-state index contributed by atoms with van der Waals surface area (Å²) in [6.45, 7) is 0.610. The number of thiazole rings is 1. The highest BCUT2D eigenvalue weighted by Crippen LogP contribution is 2.56. The minimum Gasteiger partial charge on any atom is -0.349 e. The molecular weight excluding hydrogens is 256 g/mol. The van der Waals surface area contributed by atoms with Crippen molar-refractivity contribution < 1.29 is 4.79 Å². The highest BCUT2D eigenvalue weighted by molar-refractivity contribution is 7.09. The lowest BCUT2D eigenvalue weighted by molar-refractivity contribution is -0.138. The molecule has 1 N–H and O–H groups in total. The number of hydrogen-bond donors (Lipinski definition) is 1. The number of carbonyl (C=O) groups is 1. The van der Waals surface area contributed by atoms with Crippen LogP contribution in [0.5, 0.6) is 0 Å². The van der Waals surface area contributed by atoms with Crippen molar-refractivity contribution in [1.29, 1.82) is 0 Å². The van der Waals surface area contributed by atoms with Gasteiger partial charge in [0.05, 0.1) is 6.54 Å². The van der Waals surface area contributed by atoms with E-state index < -0.39 is 0 Å². The average molecular weight is 276 g/mol. The minimum absolute atomic E-state index is 0.295. The molecule has 0 aromatic carbocycles. The highest BCUT2D eigenvalue weighted by Gasteiger charge is 2.50. The Morgan fingerprint density at radius 1 is 1.21 bits per heavy atom. The van der Waals surface area contributed by atoms with Crippen LogP contribution in [0.15, 0.2) is 11.6 Å². The van der Waals surface area contributed by atoms with Crippen molar-refractivity contribution >= 4 is 17.2 Å². The molecule has 0 spiro atoms. The normalized spacial score (nSPS) is 39.5. The van der Waals surface area contributed by atoms with Crippen molar-refractivity contribution in [1.82, 2.24) is 10.3 Å². The number of hydrogen-bond acceptors (Lipinski definition) is 3. The van der Waals surface area contributed by atoms with Gasteiger partial charge < -0.3 is 5.32 Å². The molecule has 0 aliphatic heterocycles. The van der Waals surface area contributed by atoms with Crippen molar-refractivity contribution in [2.24, 2.45) is 29.6 Å². The molecule has 1 amide bonds. The molecular formula is C15H20N2OS. The monoisotopic (exact) mass is 276 g/mol. The van der Waals surface area contributed by atoms with Crippen LogP contribution in [0.2, 0.25) is 0 Å². The van der Waals surface area contributed by atoms with Gasteiger partial charge in [-0.05, 0) is 55.8 Å². The molecule has 4 fully saturated rings. The molecule has 0 radical (unpaired) electrons. The maximum absolute atomic E-state index is 12.5. The SMILES string of the molecule is O=C(NCc1nccs1)C1C2CC3CC(C2)CC1C3. The number of nitrogens with zero attached hydrogens (tertiary/aromatic N) is 1. The van der Waals surface area contributed by atoms with Gasteiger partial charge >= 0.3 is 0 Å².